The molecule has 0 atom stereocenters. The van der Waals surface area contributed by atoms with E-state index in [9.17, 15) is 0 Å². The van der Waals surface area contributed by atoms with E-state index in [0.717, 1.165) is 11.4 Å². The van der Waals surface area contributed by atoms with Gasteiger partial charge in [-0.25, -0.2) is 4.68 Å². The van der Waals surface area contributed by atoms with Crippen molar-refractivity contribution in [2.45, 2.75) is 19.8 Å². The number of nitriles is 1. The van der Waals surface area contributed by atoms with Gasteiger partial charge in [-0.15, -0.1) is 5.10 Å². The third-order valence-electron chi connectivity index (χ3n) is 2.43. The van der Waals surface area contributed by atoms with Gasteiger partial charge < -0.3 is 0 Å². The standard InChI is InChI=1S/C12H11ClN4/c1-8(2)12-11(7-14)15-16-17(12)10-5-3-9(13)4-6-10/h3-6,8H,1-2H3. The maximum absolute atomic E-state index is 8.98. The summed E-state index contributed by atoms with van der Waals surface area (Å²) in [6, 6.07) is 9.33. The van der Waals surface area contributed by atoms with Crippen LogP contribution >= 0.6 is 11.6 Å². The van der Waals surface area contributed by atoms with E-state index in [1.54, 1.807) is 16.8 Å². The van der Waals surface area contributed by atoms with Crippen LogP contribution in [0.1, 0.15) is 31.2 Å². The Kier molecular flexibility index (Phi) is 3.12. The molecule has 2 rings (SSSR count). The Morgan fingerprint density at radius 3 is 2.47 bits per heavy atom. The molecule has 0 spiro atoms. The first-order valence-electron chi connectivity index (χ1n) is 5.25. The molecule has 86 valence electrons. The zero-order chi connectivity index (χ0) is 12.4. The summed E-state index contributed by atoms with van der Waals surface area (Å²) < 4.78 is 1.68. The van der Waals surface area contributed by atoms with Crippen molar-refractivity contribution in [3.63, 3.8) is 0 Å². The molecule has 17 heavy (non-hydrogen) atoms. The number of benzene rings is 1. The van der Waals surface area contributed by atoms with Crippen molar-refractivity contribution in [3.05, 3.63) is 40.7 Å². The van der Waals surface area contributed by atoms with E-state index < -0.39 is 0 Å². The van der Waals surface area contributed by atoms with Gasteiger partial charge in [-0.05, 0) is 30.2 Å². The molecule has 0 radical (unpaired) electrons. The zero-order valence-corrected chi connectivity index (χ0v) is 10.3. The van der Waals surface area contributed by atoms with Crippen molar-refractivity contribution in [2.24, 2.45) is 0 Å². The lowest BCUT2D eigenvalue weighted by atomic mass is 10.1. The molecule has 0 aliphatic carbocycles. The third kappa shape index (κ3) is 2.15. The van der Waals surface area contributed by atoms with Crippen molar-refractivity contribution >= 4 is 11.6 Å². The summed E-state index contributed by atoms with van der Waals surface area (Å²) in [7, 11) is 0. The molecule has 2 aromatic rings. The Morgan fingerprint density at radius 2 is 1.94 bits per heavy atom. The van der Waals surface area contributed by atoms with E-state index in [0.29, 0.717) is 10.7 Å². The Bertz CT molecular complexity index is 563. The van der Waals surface area contributed by atoms with Crippen molar-refractivity contribution < 1.29 is 0 Å². The van der Waals surface area contributed by atoms with Gasteiger partial charge in [0.25, 0.3) is 0 Å². The maximum atomic E-state index is 8.98. The molecule has 0 fully saturated rings. The molecule has 0 saturated carbocycles. The van der Waals surface area contributed by atoms with Crippen LogP contribution in [0.25, 0.3) is 5.69 Å². The van der Waals surface area contributed by atoms with Crippen molar-refractivity contribution in [2.75, 3.05) is 0 Å². The second kappa shape index (κ2) is 4.56. The smallest absolute Gasteiger partial charge is 0.186 e. The predicted octanol–water partition coefficient (Wildman–Crippen LogP) is 2.92. The SMILES string of the molecule is CC(C)c1c(C#N)nnn1-c1ccc(Cl)cc1. The molecule has 0 bridgehead atoms. The van der Waals surface area contributed by atoms with Gasteiger partial charge in [0.1, 0.15) is 6.07 Å². The molecule has 0 saturated heterocycles. The summed E-state index contributed by atoms with van der Waals surface area (Å²) in [6.07, 6.45) is 0. The van der Waals surface area contributed by atoms with Crippen LogP contribution in [0.5, 0.6) is 0 Å². The van der Waals surface area contributed by atoms with Crippen LogP contribution in [0.3, 0.4) is 0 Å². The first-order chi connectivity index (χ1) is 8.13. The number of nitrogens with zero attached hydrogens (tertiary/aromatic N) is 4. The normalized spacial score (nSPS) is 10.5. The molecule has 1 aromatic heterocycles. The molecule has 5 heteroatoms. The monoisotopic (exact) mass is 246 g/mol. The lowest BCUT2D eigenvalue weighted by molar-refractivity contribution is 0.715. The fourth-order valence-corrected chi connectivity index (χ4v) is 1.79. The number of rotatable bonds is 2. The summed E-state index contributed by atoms with van der Waals surface area (Å²) in [4.78, 5) is 0. The first kappa shape index (κ1) is 11.6. The number of hydrogen-bond donors (Lipinski definition) is 0. The molecule has 0 N–H and O–H groups in total. The number of hydrogen-bond acceptors (Lipinski definition) is 3. The minimum Gasteiger partial charge on any atom is -0.216 e. The zero-order valence-electron chi connectivity index (χ0n) is 9.55. The maximum Gasteiger partial charge on any atom is 0.186 e. The van der Waals surface area contributed by atoms with Crippen LogP contribution in [0.4, 0.5) is 0 Å². The molecule has 0 unspecified atom stereocenters. The second-order valence-corrected chi connectivity index (χ2v) is 4.41. The molecule has 1 heterocycles. The molecule has 1 aromatic carbocycles. The van der Waals surface area contributed by atoms with Gasteiger partial charge in [-0.1, -0.05) is 30.7 Å². The van der Waals surface area contributed by atoms with Crippen LogP contribution in [0.2, 0.25) is 5.02 Å². The van der Waals surface area contributed by atoms with Crippen LogP contribution in [0, 0.1) is 11.3 Å². The highest BCUT2D eigenvalue weighted by atomic mass is 35.5. The molecule has 0 aliphatic rings. The molecule has 0 amide bonds. The summed E-state index contributed by atoms with van der Waals surface area (Å²) in [5.41, 5.74) is 2.04. The van der Waals surface area contributed by atoms with Gasteiger partial charge >= 0.3 is 0 Å². The van der Waals surface area contributed by atoms with Crippen LogP contribution in [-0.4, -0.2) is 15.0 Å². The highest BCUT2D eigenvalue weighted by molar-refractivity contribution is 6.30. The Morgan fingerprint density at radius 1 is 1.29 bits per heavy atom. The van der Waals surface area contributed by atoms with E-state index in [-0.39, 0.29) is 5.92 Å². The summed E-state index contributed by atoms with van der Waals surface area (Å²) >= 11 is 5.84. The van der Waals surface area contributed by atoms with E-state index in [1.807, 2.05) is 26.0 Å². The van der Waals surface area contributed by atoms with E-state index in [4.69, 9.17) is 16.9 Å². The van der Waals surface area contributed by atoms with Crippen LogP contribution < -0.4 is 0 Å². The summed E-state index contributed by atoms with van der Waals surface area (Å²) in [5, 5.41) is 17.5. The van der Waals surface area contributed by atoms with Gasteiger partial charge in [-0.2, -0.15) is 5.26 Å². The topological polar surface area (TPSA) is 54.5 Å². The average Bonchev–Trinajstić information content (AvgIpc) is 2.73. The molecule has 0 aliphatic heterocycles. The molecule has 4 nitrogen and oxygen atoms in total. The fraction of sp³-hybridized carbons (Fsp3) is 0.250. The van der Waals surface area contributed by atoms with Gasteiger partial charge in [-0.3, -0.25) is 0 Å². The highest BCUT2D eigenvalue weighted by Gasteiger charge is 2.16. The third-order valence-corrected chi connectivity index (χ3v) is 2.68. The van der Waals surface area contributed by atoms with Crippen molar-refractivity contribution in [3.8, 4) is 11.8 Å². The molecular formula is C12H11ClN4. The number of halogens is 1. The van der Waals surface area contributed by atoms with Gasteiger partial charge in [0, 0.05) is 5.02 Å². The minimum atomic E-state index is 0.176. The Hall–Kier alpha value is -1.86. The molecular weight excluding hydrogens is 236 g/mol. The summed E-state index contributed by atoms with van der Waals surface area (Å²) in [6.45, 7) is 4.01. The Balaban J connectivity index is 2.56. The predicted molar refractivity (Wildman–Crippen MR) is 65.2 cm³/mol. The fourth-order valence-electron chi connectivity index (χ4n) is 1.66. The number of aromatic nitrogens is 3. The van der Waals surface area contributed by atoms with Crippen LogP contribution in [0.15, 0.2) is 24.3 Å². The van der Waals surface area contributed by atoms with Gasteiger partial charge in [0.2, 0.25) is 0 Å². The first-order valence-corrected chi connectivity index (χ1v) is 5.63. The second-order valence-electron chi connectivity index (χ2n) is 3.98. The lowest BCUT2D eigenvalue weighted by Gasteiger charge is -2.08. The van der Waals surface area contributed by atoms with Gasteiger partial charge in [0.05, 0.1) is 11.4 Å². The Labute approximate surface area is 104 Å². The van der Waals surface area contributed by atoms with E-state index >= 15 is 0 Å². The van der Waals surface area contributed by atoms with E-state index in [1.165, 1.54) is 0 Å². The van der Waals surface area contributed by atoms with Crippen LogP contribution in [-0.2, 0) is 0 Å². The highest BCUT2D eigenvalue weighted by Crippen LogP contribution is 2.21. The largest absolute Gasteiger partial charge is 0.216 e. The quantitative estimate of drug-likeness (QED) is 0.819. The van der Waals surface area contributed by atoms with Gasteiger partial charge in [0.15, 0.2) is 5.69 Å². The lowest BCUT2D eigenvalue weighted by Crippen LogP contribution is -2.04. The van der Waals surface area contributed by atoms with Crippen molar-refractivity contribution in [1.82, 2.24) is 15.0 Å². The van der Waals surface area contributed by atoms with Crippen molar-refractivity contribution in [1.29, 1.82) is 5.26 Å². The average molecular weight is 247 g/mol. The summed E-state index contributed by atoms with van der Waals surface area (Å²) in [5.74, 6) is 0.176. The minimum absolute atomic E-state index is 0.176. The van der Waals surface area contributed by atoms with E-state index in [2.05, 4.69) is 16.4 Å².